The van der Waals surface area contributed by atoms with Gasteiger partial charge in [-0.2, -0.15) is 5.10 Å². The van der Waals surface area contributed by atoms with Crippen LogP contribution in [0, 0.1) is 3.57 Å². The maximum atomic E-state index is 11.9. The van der Waals surface area contributed by atoms with E-state index in [-0.39, 0.29) is 12.5 Å². The van der Waals surface area contributed by atoms with E-state index in [1.165, 1.54) is 0 Å². The van der Waals surface area contributed by atoms with Crippen LogP contribution in [0.5, 0.6) is 11.5 Å². The van der Waals surface area contributed by atoms with Gasteiger partial charge >= 0.3 is 0 Å². The number of hydrogen-bond donors (Lipinski definition) is 1. The number of para-hydroxylation sites is 1. The highest BCUT2D eigenvalue weighted by Gasteiger charge is 2.03. The summed E-state index contributed by atoms with van der Waals surface area (Å²) in [5.41, 5.74) is 4.32. The van der Waals surface area contributed by atoms with Gasteiger partial charge in [0.1, 0.15) is 18.1 Å². The van der Waals surface area contributed by atoms with Crippen LogP contribution in [-0.4, -0.2) is 18.7 Å². The topological polar surface area (TPSA) is 59.9 Å². The van der Waals surface area contributed by atoms with Crippen LogP contribution < -0.4 is 14.9 Å². The lowest BCUT2D eigenvalue weighted by molar-refractivity contribution is -0.123. The summed E-state index contributed by atoms with van der Waals surface area (Å²) in [6, 6.07) is 24.9. The predicted octanol–water partition coefficient (Wildman–Crippen LogP) is 4.40. The van der Waals surface area contributed by atoms with Gasteiger partial charge in [0.2, 0.25) is 0 Å². The van der Waals surface area contributed by atoms with Crippen molar-refractivity contribution in [3.63, 3.8) is 0 Å². The maximum absolute atomic E-state index is 11.9. The normalized spacial score (nSPS) is 10.6. The van der Waals surface area contributed by atoms with Gasteiger partial charge < -0.3 is 9.47 Å². The van der Waals surface area contributed by atoms with Crippen molar-refractivity contribution >= 4 is 34.7 Å². The maximum Gasteiger partial charge on any atom is 0.277 e. The molecule has 142 valence electrons. The molecule has 5 nitrogen and oxygen atoms in total. The van der Waals surface area contributed by atoms with Gasteiger partial charge in [0, 0.05) is 9.13 Å². The average molecular weight is 486 g/mol. The standard InChI is InChI=1S/C22H19IN2O3/c23-19-10-12-20(13-11-19)27-16-22(26)25-24-14-18-8-4-5-9-21(18)28-15-17-6-2-1-3-7-17/h1-14H,15-16H2,(H,25,26)/b24-14-. The van der Waals surface area contributed by atoms with Gasteiger partial charge in [0.05, 0.1) is 6.21 Å². The highest BCUT2D eigenvalue weighted by Crippen LogP contribution is 2.17. The largest absolute Gasteiger partial charge is 0.488 e. The molecule has 0 aliphatic carbocycles. The fraction of sp³-hybridized carbons (Fsp3) is 0.0909. The second kappa shape index (κ2) is 10.5. The van der Waals surface area contributed by atoms with E-state index in [1.807, 2.05) is 78.9 Å². The van der Waals surface area contributed by atoms with Gasteiger partial charge in [0.25, 0.3) is 5.91 Å². The lowest BCUT2D eigenvalue weighted by Gasteiger charge is -2.09. The summed E-state index contributed by atoms with van der Waals surface area (Å²) in [5, 5.41) is 4.00. The Bertz CT molecular complexity index is 928. The van der Waals surface area contributed by atoms with E-state index in [9.17, 15) is 4.79 Å². The molecule has 0 bridgehead atoms. The number of benzene rings is 3. The van der Waals surface area contributed by atoms with Crippen LogP contribution in [0.2, 0.25) is 0 Å². The molecule has 3 aromatic rings. The van der Waals surface area contributed by atoms with Crippen molar-refractivity contribution in [1.82, 2.24) is 5.43 Å². The predicted molar refractivity (Wildman–Crippen MR) is 118 cm³/mol. The van der Waals surface area contributed by atoms with Gasteiger partial charge in [-0.1, -0.05) is 42.5 Å². The number of carbonyl (C=O) groups is 1. The number of amides is 1. The number of hydrazone groups is 1. The molecule has 1 N–H and O–H groups in total. The molecule has 3 aromatic carbocycles. The average Bonchev–Trinajstić information content (AvgIpc) is 2.73. The van der Waals surface area contributed by atoms with Crippen LogP contribution in [0.3, 0.4) is 0 Å². The minimum atomic E-state index is -0.336. The van der Waals surface area contributed by atoms with Gasteiger partial charge in [-0.25, -0.2) is 5.43 Å². The Morgan fingerprint density at radius 1 is 0.929 bits per heavy atom. The van der Waals surface area contributed by atoms with E-state index in [2.05, 4.69) is 33.1 Å². The fourth-order valence-corrected chi connectivity index (χ4v) is 2.70. The summed E-state index contributed by atoms with van der Waals surface area (Å²) in [6.07, 6.45) is 1.56. The SMILES string of the molecule is O=C(COc1ccc(I)cc1)N/N=C\c1ccccc1OCc1ccccc1. The van der Waals surface area contributed by atoms with Crippen LogP contribution in [0.4, 0.5) is 0 Å². The molecule has 0 aromatic heterocycles. The second-order valence-corrected chi connectivity index (χ2v) is 7.09. The molecule has 3 rings (SSSR count). The first-order valence-electron chi connectivity index (χ1n) is 8.67. The van der Waals surface area contributed by atoms with Gasteiger partial charge in [0.15, 0.2) is 6.61 Å². The lowest BCUT2D eigenvalue weighted by atomic mass is 10.2. The first-order chi connectivity index (χ1) is 13.7. The van der Waals surface area contributed by atoms with Crippen LogP contribution in [0.1, 0.15) is 11.1 Å². The summed E-state index contributed by atoms with van der Waals surface area (Å²) in [4.78, 5) is 11.9. The third-order valence-corrected chi connectivity index (χ3v) is 4.45. The molecule has 0 aliphatic heterocycles. The van der Waals surface area contributed by atoms with Crippen LogP contribution in [0.15, 0.2) is 84.0 Å². The molecule has 0 aliphatic rings. The molecule has 6 heteroatoms. The number of ether oxygens (including phenoxy) is 2. The van der Waals surface area contributed by atoms with Crippen LogP contribution >= 0.6 is 22.6 Å². The van der Waals surface area contributed by atoms with E-state index in [0.717, 1.165) is 14.7 Å². The van der Waals surface area contributed by atoms with Gasteiger partial charge in [-0.15, -0.1) is 0 Å². The highest BCUT2D eigenvalue weighted by atomic mass is 127. The molecule has 0 heterocycles. The summed E-state index contributed by atoms with van der Waals surface area (Å²) in [6.45, 7) is 0.353. The zero-order valence-corrected chi connectivity index (χ0v) is 17.2. The molecule has 1 amide bonds. The quantitative estimate of drug-likeness (QED) is 0.292. The van der Waals surface area contributed by atoms with Crippen molar-refractivity contribution in [1.29, 1.82) is 0 Å². The number of hydrogen-bond acceptors (Lipinski definition) is 4. The van der Waals surface area contributed by atoms with Gasteiger partial charge in [-0.05, 0) is 64.6 Å². The van der Waals surface area contributed by atoms with Crippen molar-refractivity contribution in [2.24, 2.45) is 5.10 Å². The Kier molecular flexibility index (Phi) is 7.43. The van der Waals surface area contributed by atoms with Crippen molar-refractivity contribution in [3.8, 4) is 11.5 Å². The molecular weight excluding hydrogens is 467 g/mol. The Morgan fingerprint density at radius 2 is 1.64 bits per heavy atom. The molecule has 0 unspecified atom stereocenters. The highest BCUT2D eigenvalue weighted by molar-refractivity contribution is 14.1. The smallest absolute Gasteiger partial charge is 0.277 e. The number of nitrogens with zero attached hydrogens (tertiary/aromatic N) is 1. The Morgan fingerprint density at radius 3 is 2.43 bits per heavy atom. The zero-order valence-electron chi connectivity index (χ0n) is 15.0. The number of halogens is 1. The third kappa shape index (κ3) is 6.38. The second-order valence-electron chi connectivity index (χ2n) is 5.85. The summed E-state index contributed by atoms with van der Waals surface area (Å²) < 4.78 is 12.4. The Hall–Kier alpha value is -2.87. The van der Waals surface area contributed by atoms with E-state index in [1.54, 1.807) is 6.21 Å². The van der Waals surface area contributed by atoms with Crippen molar-refractivity contribution in [2.75, 3.05) is 6.61 Å². The van der Waals surface area contributed by atoms with Crippen LogP contribution in [0.25, 0.3) is 0 Å². The summed E-state index contributed by atoms with van der Waals surface area (Å²) >= 11 is 2.21. The minimum Gasteiger partial charge on any atom is -0.488 e. The van der Waals surface area contributed by atoms with E-state index in [4.69, 9.17) is 9.47 Å². The molecule has 0 atom stereocenters. The van der Waals surface area contributed by atoms with E-state index >= 15 is 0 Å². The fourth-order valence-electron chi connectivity index (χ4n) is 2.34. The summed E-state index contributed by atoms with van der Waals surface area (Å²) in [7, 11) is 0. The van der Waals surface area contributed by atoms with E-state index in [0.29, 0.717) is 18.1 Å². The molecule has 0 saturated heterocycles. The van der Waals surface area contributed by atoms with Gasteiger partial charge in [-0.3, -0.25) is 4.79 Å². The van der Waals surface area contributed by atoms with Crippen molar-refractivity contribution < 1.29 is 14.3 Å². The first kappa shape index (κ1) is 19.9. The molecular formula is C22H19IN2O3. The molecule has 0 fully saturated rings. The van der Waals surface area contributed by atoms with Crippen LogP contribution in [-0.2, 0) is 11.4 Å². The van der Waals surface area contributed by atoms with Crippen molar-refractivity contribution in [2.45, 2.75) is 6.61 Å². The lowest BCUT2D eigenvalue weighted by Crippen LogP contribution is -2.24. The molecule has 0 spiro atoms. The summed E-state index contributed by atoms with van der Waals surface area (Å²) in [5.74, 6) is 0.996. The molecule has 28 heavy (non-hydrogen) atoms. The molecule has 0 radical (unpaired) electrons. The Balaban J connectivity index is 1.50. The number of carbonyl (C=O) groups excluding carboxylic acids is 1. The zero-order chi connectivity index (χ0) is 19.6. The molecule has 0 saturated carbocycles. The Labute approximate surface area is 177 Å². The third-order valence-electron chi connectivity index (χ3n) is 3.73. The number of rotatable bonds is 8. The van der Waals surface area contributed by atoms with Crippen molar-refractivity contribution in [3.05, 3.63) is 93.6 Å². The monoisotopic (exact) mass is 486 g/mol. The van der Waals surface area contributed by atoms with E-state index < -0.39 is 0 Å². The first-order valence-corrected chi connectivity index (χ1v) is 9.74. The number of nitrogens with one attached hydrogen (secondary N) is 1. The minimum absolute atomic E-state index is 0.107.